The van der Waals surface area contributed by atoms with Crippen molar-refractivity contribution >= 4 is 24.0 Å². The number of carbonyl (C=O) groups is 2. The van der Waals surface area contributed by atoms with Crippen LogP contribution < -0.4 is 10.2 Å². The van der Waals surface area contributed by atoms with E-state index in [0.717, 1.165) is 17.7 Å². The average molecular weight is 473 g/mol. The summed E-state index contributed by atoms with van der Waals surface area (Å²) in [7, 11) is 0. The minimum atomic E-state index is -1.25. The van der Waals surface area contributed by atoms with Crippen LogP contribution in [0.5, 0.6) is 0 Å². The van der Waals surface area contributed by atoms with Crippen LogP contribution in [0.4, 0.5) is 25.7 Å². The molecule has 1 aromatic heterocycles. The molecule has 3 heterocycles. The van der Waals surface area contributed by atoms with Crippen molar-refractivity contribution in [3.8, 4) is 0 Å². The molecule has 2 N–H and O–H groups in total. The van der Waals surface area contributed by atoms with Crippen LogP contribution in [0, 0.1) is 0 Å². The number of hydrogen-bond donors (Lipinski definition) is 2. The van der Waals surface area contributed by atoms with E-state index in [4.69, 9.17) is 9.84 Å². The van der Waals surface area contributed by atoms with Crippen LogP contribution in [-0.4, -0.2) is 82.1 Å². The van der Waals surface area contributed by atoms with Gasteiger partial charge in [0.2, 0.25) is 5.95 Å². The number of ether oxygens (including phenoxy) is 1. The molecule has 2 amide bonds. The largest absolute Gasteiger partial charge is 0.465 e. The van der Waals surface area contributed by atoms with Crippen LogP contribution in [0.1, 0.15) is 31.0 Å². The Morgan fingerprint density at radius 1 is 1.21 bits per heavy atom. The lowest BCUT2D eigenvalue weighted by atomic mass is 10.1. The van der Waals surface area contributed by atoms with Crippen LogP contribution >= 0.6 is 0 Å². The minimum absolute atomic E-state index is 0.0126. The molecule has 182 valence electrons. The normalized spacial score (nSPS) is 20.7. The molecule has 2 aliphatic rings. The van der Waals surface area contributed by atoms with Gasteiger partial charge in [0.05, 0.1) is 6.04 Å². The van der Waals surface area contributed by atoms with E-state index < -0.39 is 24.4 Å². The zero-order chi connectivity index (χ0) is 24.2. The Morgan fingerprint density at radius 2 is 1.91 bits per heavy atom. The zero-order valence-electron chi connectivity index (χ0n) is 19.2. The van der Waals surface area contributed by atoms with Crippen LogP contribution in [-0.2, 0) is 11.3 Å². The molecule has 0 aliphatic carbocycles. The second-order valence-corrected chi connectivity index (χ2v) is 8.58. The highest BCUT2D eigenvalue weighted by Gasteiger charge is 2.39. The number of amides is 2. The number of alkyl halides is 1. The number of rotatable bonds is 7. The van der Waals surface area contributed by atoms with Gasteiger partial charge in [0, 0.05) is 38.9 Å². The predicted molar refractivity (Wildman–Crippen MR) is 124 cm³/mol. The molecular formula is C23H29FN6O4. The number of hydrogen-bond acceptors (Lipinski definition) is 7. The highest BCUT2D eigenvalue weighted by Crippen LogP contribution is 2.26. The first-order chi connectivity index (χ1) is 16.3. The lowest BCUT2D eigenvalue weighted by molar-refractivity contribution is 0.103. The van der Waals surface area contributed by atoms with Crippen molar-refractivity contribution in [3.63, 3.8) is 0 Å². The number of anilines is 2. The second kappa shape index (κ2) is 10.2. The fourth-order valence-corrected chi connectivity index (χ4v) is 4.13. The molecule has 2 saturated heterocycles. The van der Waals surface area contributed by atoms with Gasteiger partial charge in [-0.25, -0.2) is 19.0 Å². The van der Waals surface area contributed by atoms with Gasteiger partial charge in [0.25, 0.3) is 0 Å². The van der Waals surface area contributed by atoms with Gasteiger partial charge in [0.15, 0.2) is 0 Å². The van der Waals surface area contributed by atoms with Crippen molar-refractivity contribution in [1.82, 2.24) is 19.8 Å². The van der Waals surface area contributed by atoms with E-state index in [9.17, 15) is 14.0 Å². The molecule has 1 aromatic carbocycles. The van der Waals surface area contributed by atoms with Crippen LogP contribution in [0.2, 0.25) is 0 Å². The maximum atomic E-state index is 13.9. The smallest absolute Gasteiger partial charge is 0.416 e. The number of cyclic esters (lactones) is 1. The standard InChI is InChI=1S/C23H29FN6O4/c1-15(24)19-14-34-23(33)30(19)20-7-8-25-21(27-20)26-16(2)18-5-3-17(4-6-18)13-28-9-11-29(12-10-28)22(31)32/h3-8,15-16,19H,9-14H2,1-2H3,(H,31,32)(H,25,26,27)/t15?,16?,19-/m1/s1. The zero-order valence-corrected chi connectivity index (χ0v) is 19.2. The SMILES string of the molecule is CC(Nc1nccc(N2C(=O)OC[C@@H]2C(C)F)n1)c1ccc(CN2CCN(C(=O)O)CC2)cc1. The van der Waals surface area contributed by atoms with E-state index >= 15 is 0 Å². The van der Waals surface area contributed by atoms with Gasteiger partial charge < -0.3 is 20.1 Å². The molecule has 2 aliphatic heterocycles. The highest BCUT2D eigenvalue weighted by molar-refractivity contribution is 5.89. The monoisotopic (exact) mass is 472 g/mol. The maximum Gasteiger partial charge on any atom is 0.416 e. The Balaban J connectivity index is 1.36. The fourth-order valence-electron chi connectivity index (χ4n) is 4.13. The number of carboxylic acid groups (broad SMARTS) is 1. The molecule has 2 unspecified atom stereocenters. The first-order valence-corrected chi connectivity index (χ1v) is 11.3. The van der Waals surface area contributed by atoms with Crippen molar-refractivity contribution in [2.24, 2.45) is 0 Å². The van der Waals surface area contributed by atoms with Crippen molar-refractivity contribution in [1.29, 1.82) is 0 Å². The number of aromatic nitrogens is 2. The van der Waals surface area contributed by atoms with E-state index in [1.807, 2.05) is 19.1 Å². The quantitative estimate of drug-likeness (QED) is 0.632. The third-order valence-corrected chi connectivity index (χ3v) is 6.20. The lowest BCUT2D eigenvalue weighted by Crippen LogP contribution is -2.47. The molecule has 2 fully saturated rings. The van der Waals surface area contributed by atoms with Gasteiger partial charge in [-0.1, -0.05) is 24.3 Å². The van der Waals surface area contributed by atoms with E-state index in [0.29, 0.717) is 37.9 Å². The summed E-state index contributed by atoms with van der Waals surface area (Å²) in [6.07, 6.45) is -1.21. The molecule has 3 atom stereocenters. The maximum absolute atomic E-state index is 13.9. The van der Waals surface area contributed by atoms with Gasteiger partial charge in [-0.3, -0.25) is 9.80 Å². The predicted octanol–water partition coefficient (Wildman–Crippen LogP) is 3.13. The summed E-state index contributed by atoms with van der Waals surface area (Å²) in [5, 5.41) is 12.3. The number of nitrogens with one attached hydrogen (secondary N) is 1. The highest BCUT2D eigenvalue weighted by atomic mass is 19.1. The van der Waals surface area contributed by atoms with E-state index in [1.165, 1.54) is 22.9 Å². The first-order valence-electron chi connectivity index (χ1n) is 11.3. The van der Waals surface area contributed by atoms with E-state index in [2.05, 4.69) is 32.3 Å². The van der Waals surface area contributed by atoms with Crippen LogP contribution in [0.3, 0.4) is 0 Å². The Hall–Kier alpha value is -3.47. The Morgan fingerprint density at radius 3 is 2.56 bits per heavy atom. The summed E-state index contributed by atoms with van der Waals surface area (Å²) >= 11 is 0. The van der Waals surface area contributed by atoms with Gasteiger partial charge in [0.1, 0.15) is 24.6 Å². The van der Waals surface area contributed by atoms with Crippen LogP contribution in [0.25, 0.3) is 0 Å². The molecule has 4 rings (SSSR count). The number of piperazine rings is 1. The Bertz CT molecular complexity index is 1010. The van der Waals surface area contributed by atoms with E-state index in [-0.39, 0.29) is 12.6 Å². The number of carbonyl (C=O) groups excluding carboxylic acids is 1. The molecule has 0 saturated carbocycles. The summed E-state index contributed by atoms with van der Waals surface area (Å²) < 4.78 is 18.9. The summed E-state index contributed by atoms with van der Waals surface area (Å²) in [4.78, 5) is 36.7. The second-order valence-electron chi connectivity index (χ2n) is 8.58. The molecule has 0 radical (unpaired) electrons. The number of halogens is 1. The summed E-state index contributed by atoms with van der Waals surface area (Å²) in [6, 6.07) is 8.91. The number of nitrogens with zero attached hydrogens (tertiary/aromatic N) is 5. The third-order valence-electron chi connectivity index (χ3n) is 6.20. The van der Waals surface area contributed by atoms with Crippen molar-refractivity contribution < 1.29 is 23.8 Å². The van der Waals surface area contributed by atoms with Crippen molar-refractivity contribution in [3.05, 3.63) is 47.7 Å². The molecular weight excluding hydrogens is 443 g/mol. The average Bonchev–Trinajstić information content (AvgIpc) is 3.22. The first kappa shape index (κ1) is 23.7. The molecule has 34 heavy (non-hydrogen) atoms. The molecule has 10 nitrogen and oxygen atoms in total. The summed E-state index contributed by atoms with van der Waals surface area (Å²) in [6.45, 7) is 6.59. The third kappa shape index (κ3) is 5.36. The number of benzene rings is 1. The Labute approximate surface area is 197 Å². The van der Waals surface area contributed by atoms with Gasteiger partial charge in [-0.15, -0.1) is 0 Å². The summed E-state index contributed by atoms with van der Waals surface area (Å²) in [5.74, 6) is 0.621. The minimum Gasteiger partial charge on any atom is -0.465 e. The fraction of sp³-hybridized carbons (Fsp3) is 0.478. The van der Waals surface area contributed by atoms with Gasteiger partial charge >= 0.3 is 12.2 Å². The molecule has 2 aromatic rings. The van der Waals surface area contributed by atoms with E-state index in [1.54, 1.807) is 6.07 Å². The van der Waals surface area contributed by atoms with Crippen molar-refractivity contribution in [2.75, 3.05) is 43.0 Å². The van der Waals surface area contributed by atoms with Gasteiger partial charge in [-0.2, -0.15) is 4.98 Å². The summed E-state index contributed by atoms with van der Waals surface area (Å²) in [5.41, 5.74) is 2.18. The molecule has 11 heteroatoms. The molecule has 0 spiro atoms. The molecule has 0 bridgehead atoms. The van der Waals surface area contributed by atoms with Gasteiger partial charge in [-0.05, 0) is 31.0 Å². The lowest BCUT2D eigenvalue weighted by Gasteiger charge is -2.33. The topological polar surface area (TPSA) is 111 Å². The van der Waals surface area contributed by atoms with Crippen LogP contribution in [0.15, 0.2) is 36.5 Å². The Kier molecular flexibility index (Phi) is 7.11. The van der Waals surface area contributed by atoms with Crippen molar-refractivity contribution in [2.45, 2.75) is 38.6 Å².